The molecule has 2 rings (SSSR count). The highest BCUT2D eigenvalue weighted by atomic mass is 35.5. The summed E-state index contributed by atoms with van der Waals surface area (Å²) in [4.78, 5) is 4.20. The minimum absolute atomic E-state index is 0.207. The molecule has 1 aromatic heterocycles. The van der Waals surface area contributed by atoms with Crippen LogP contribution in [-0.2, 0) is 12.8 Å². The molecule has 23 heavy (non-hydrogen) atoms. The van der Waals surface area contributed by atoms with Crippen molar-refractivity contribution < 1.29 is 5.11 Å². The van der Waals surface area contributed by atoms with Crippen LogP contribution in [-0.4, -0.2) is 25.9 Å². The number of rotatable bonds is 8. The summed E-state index contributed by atoms with van der Waals surface area (Å²) in [6, 6.07) is 7.82. The summed E-state index contributed by atoms with van der Waals surface area (Å²) in [5.74, 6) is 0.729. The van der Waals surface area contributed by atoms with Crippen LogP contribution in [0.25, 0.3) is 0 Å². The second kappa shape index (κ2) is 7.45. The van der Waals surface area contributed by atoms with Gasteiger partial charge < -0.3 is 5.11 Å². The van der Waals surface area contributed by atoms with Crippen LogP contribution in [0.4, 0.5) is 0 Å². The van der Waals surface area contributed by atoms with E-state index in [9.17, 15) is 5.11 Å². The molecule has 1 heterocycles. The van der Waals surface area contributed by atoms with E-state index in [2.05, 4.69) is 36.0 Å². The lowest BCUT2D eigenvalue weighted by atomic mass is 9.67. The fourth-order valence-electron chi connectivity index (χ4n) is 3.12. The number of H-pyrrole nitrogens is 1. The van der Waals surface area contributed by atoms with Gasteiger partial charge in [-0.15, -0.1) is 0 Å². The van der Waals surface area contributed by atoms with Gasteiger partial charge in [-0.1, -0.05) is 50.9 Å². The van der Waals surface area contributed by atoms with Crippen LogP contribution >= 0.6 is 11.6 Å². The van der Waals surface area contributed by atoms with Crippen LogP contribution < -0.4 is 0 Å². The topological polar surface area (TPSA) is 61.8 Å². The predicted molar refractivity (Wildman–Crippen MR) is 93.5 cm³/mol. The maximum absolute atomic E-state index is 11.4. The molecule has 2 N–H and O–H groups in total. The van der Waals surface area contributed by atoms with Gasteiger partial charge in [-0.3, -0.25) is 5.10 Å². The molecule has 0 amide bonds. The Morgan fingerprint density at radius 3 is 2.43 bits per heavy atom. The monoisotopic (exact) mass is 335 g/mol. The molecule has 0 aliphatic rings. The second-order valence-corrected chi connectivity index (χ2v) is 7.34. The number of aromatic nitrogens is 3. The SMILES string of the molecule is CCCC(C)(C)C(O)(CCc1ccc(Cl)cc1)Cc1ncn[nH]1. The summed E-state index contributed by atoms with van der Waals surface area (Å²) < 4.78 is 0. The van der Waals surface area contributed by atoms with Gasteiger partial charge >= 0.3 is 0 Å². The van der Waals surface area contributed by atoms with Crippen molar-refractivity contribution in [3.8, 4) is 0 Å². The molecular formula is C18H26ClN3O. The highest BCUT2D eigenvalue weighted by Gasteiger charge is 2.43. The Bertz CT molecular complexity index is 595. The third kappa shape index (κ3) is 4.55. The summed E-state index contributed by atoms with van der Waals surface area (Å²) in [7, 11) is 0. The van der Waals surface area contributed by atoms with Crippen molar-refractivity contribution in [1.29, 1.82) is 0 Å². The van der Waals surface area contributed by atoms with E-state index < -0.39 is 5.60 Å². The smallest absolute Gasteiger partial charge is 0.137 e. The van der Waals surface area contributed by atoms with Crippen molar-refractivity contribution in [3.63, 3.8) is 0 Å². The molecule has 0 radical (unpaired) electrons. The molecule has 4 nitrogen and oxygen atoms in total. The quantitative estimate of drug-likeness (QED) is 0.760. The van der Waals surface area contributed by atoms with Gasteiger partial charge in [-0.25, -0.2) is 4.98 Å². The molecule has 0 saturated carbocycles. The number of aromatic amines is 1. The van der Waals surface area contributed by atoms with Crippen molar-refractivity contribution in [2.45, 2.75) is 58.5 Å². The average Bonchev–Trinajstić information content (AvgIpc) is 2.99. The van der Waals surface area contributed by atoms with Crippen LogP contribution in [0.15, 0.2) is 30.6 Å². The molecule has 2 aromatic rings. The minimum atomic E-state index is -0.845. The normalized spacial score (nSPS) is 14.7. The van der Waals surface area contributed by atoms with Crippen molar-refractivity contribution in [3.05, 3.63) is 47.0 Å². The number of nitrogens with one attached hydrogen (secondary N) is 1. The van der Waals surface area contributed by atoms with E-state index in [0.29, 0.717) is 12.8 Å². The van der Waals surface area contributed by atoms with Crippen molar-refractivity contribution in [2.75, 3.05) is 0 Å². The molecule has 5 heteroatoms. The average molecular weight is 336 g/mol. The van der Waals surface area contributed by atoms with E-state index in [0.717, 1.165) is 30.1 Å². The van der Waals surface area contributed by atoms with Gasteiger partial charge in [-0.05, 0) is 42.4 Å². The number of benzene rings is 1. The highest BCUT2D eigenvalue weighted by Crippen LogP contribution is 2.40. The van der Waals surface area contributed by atoms with Crippen LogP contribution in [0.1, 0.15) is 51.4 Å². The first kappa shape index (κ1) is 18.0. The Labute approximate surface area is 143 Å². The first-order valence-electron chi connectivity index (χ1n) is 8.17. The molecule has 0 aliphatic carbocycles. The zero-order chi connectivity index (χ0) is 16.9. The molecule has 0 aliphatic heterocycles. The number of nitrogens with zero attached hydrogens (tertiary/aromatic N) is 2. The van der Waals surface area contributed by atoms with E-state index in [1.807, 2.05) is 24.3 Å². The molecule has 0 spiro atoms. The van der Waals surface area contributed by atoms with Gasteiger partial charge in [0.2, 0.25) is 0 Å². The van der Waals surface area contributed by atoms with Crippen molar-refractivity contribution in [2.24, 2.45) is 5.41 Å². The van der Waals surface area contributed by atoms with Crippen molar-refractivity contribution >= 4 is 11.6 Å². The van der Waals surface area contributed by atoms with E-state index in [1.165, 1.54) is 11.9 Å². The van der Waals surface area contributed by atoms with Crippen molar-refractivity contribution in [1.82, 2.24) is 15.2 Å². The Morgan fingerprint density at radius 2 is 1.87 bits per heavy atom. The molecule has 126 valence electrons. The van der Waals surface area contributed by atoms with E-state index >= 15 is 0 Å². The third-order valence-corrected chi connectivity index (χ3v) is 5.05. The largest absolute Gasteiger partial charge is 0.389 e. The summed E-state index contributed by atoms with van der Waals surface area (Å²) in [5.41, 5.74) is 0.126. The lowest BCUT2D eigenvalue weighted by Crippen LogP contribution is -2.47. The zero-order valence-electron chi connectivity index (χ0n) is 14.1. The summed E-state index contributed by atoms with van der Waals surface area (Å²) >= 11 is 5.94. The summed E-state index contributed by atoms with van der Waals surface area (Å²) in [6.07, 6.45) is 5.43. The summed E-state index contributed by atoms with van der Waals surface area (Å²) in [5, 5.41) is 19.0. The fourth-order valence-corrected chi connectivity index (χ4v) is 3.24. The van der Waals surface area contributed by atoms with Crippen LogP contribution in [0.3, 0.4) is 0 Å². The lowest BCUT2D eigenvalue weighted by Gasteiger charge is -2.43. The Hall–Kier alpha value is -1.39. The van der Waals surface area contributed by atoms with Gasteiger partial charge in [0.05, 0.1) is 5.60 Å². The number of hydrogen-bond donors (Lipinski definition) is 2. The first-order chi connectivity index (χ1) is 10.9. The van der Waals surface area contributed by atoms with Crippen LogP contribution in [0.5, 0.6) is 0 Å². The van der Waals surface area contributed by atoms with Crippen LogP contribution in [0, 0.1) is 5.41 Å². The standard InChI is InChI=1S/C18H26ClN3O/c1-4-10-17(2,3)18(23,12-16-20-13-21-22-16)11-9-14-5-7-15(19)8-6-14/h5-8,13,23H,4,9-12H2,1-3H3,(H,20,21,22). The van der Waals surface area contributed by atoms with E-state index in [-0.39, 0.29) is 5.41 Å². The molecule has 0 fully saturated rings. The van der Waals surface area contributed by atoms with Crippen LogP contribution in [0.2, 0.25) is 5.02 Å². The maximum Gasteiger partial charge on any atom is 0.137 e. The molecule has 1 unspecified atom stereocenters. The lowest BCUT2D eigenvalue weighted by molar-refractivity contribution is -0.0787. The Morgan fingerprint density at radius 1 is 1.17 bits per heavy atom. The fraction of sp³-hybridized carbons (Fsp3) is 0.556. The van der Waals surface area contributed by atoms with E-state index in [1.54, 1.807) is 0 Å². The second-order valence-electron chi connectivity index (χ2n) is 6.90. The molecule has 1 atom stereocenters. The Balaban J connectivity index is 2.16. The summed E-state index contributed by atoms with van der Waals surface area (Å²) in [6.45, 7) is 6.42. The minimum Gasteiger partial charge on any atom is -0.389 e. The van der Waals surface area contributed by atoms with Gasteiger partial charge in [0.25, 0.3) is 0 Å². The predicted octanol–water partition coefficient (Wildman–Crippen LogP) is 4.19. The third-order valence-electron chi connectivity index (χ3n) is 4.80. The van der Waals surface area contributed by atoms with Gasteiger partial charge in [0.1, 0.15) is 12.2 Å². The Kier molecular flexibility index (Phi) is 5.82. The highest BCUT2D eigenvalue weighted by molar-refractivity contribution is 6.30. The molecular weight excluding hydrogens is 310 g/mol. The zero-order valence-corrected chi connectivity index (χ0v) is 14.9. The van der Waals surface area contributed by atoms with Gasteiger partial charge in [-0.2, -0.15) is 5.10 Å². The maximum atomic E-state index is 11.4. The van der Waals surface area contributed by atoms with E-state index in [4.69, 9.17) is 11.6 Å². The number of hydrogen-bond acceptors (Lipinski definition) is 3. The van der Waals surface area contributed by atoms with Gasteiger partial charge in [0.15, 0.2) is 0 Å². The first-order valence-corrected chi connectivity index (χ1v) is 8.55. The number of halogens is 1. The number of aliphatic hydroxyl groups is 1. The molecule has 0 saturated heterocycles. The van der Waals surface area contributed by atoms with Gasteiger partial charge in [0, 0.05) is 11.4 Å². The molecule has 1 aromatic carbocycles. The number of aryl methyl sites for hydroxylation is 1. The molecule has 0 bridgehead atoms.